The van der Waals surface area contributed by atoms with E-state index in [-0.39, 0.29) is 30.3 Å². The number of nitrogens with one attached hydrogen (secondary N) is 1. The van der Waals surface area contributed by atoms with Gasteiger partial charge in [-0.2, -0.15) is 9.97 Å². The third-order valence-corrected chi connectivity index (χ3v) is 6.97. The highest BCUT2D eigenvalue weighted by Gasteiger charge is 2.34. The molecule has 0 unspecified atom stereocenters. The van der Waals surface area contributed by atoms with Gasteiger partial charge in [-0.15, -0.1) is 0 Å². The minimum absolute atomic E-state index is 0.0422. The Hall–Kier alpha value is -3.98. The number of aromatic nitrogens is 2. The smallest absolute Gasteiger partial charge is 0.319 e. The summed E-state index contributed by atoms with van der Waals surface area (Å²) >= 11 is 0. The standard InChI is InChI=1S/C27H25FN4O4/c28-24-20(22-12-18(33)11-15-3-1-2-4-19(15)22)7-8-21-25(24)30-27(36-10-9-23(34)35)31-26(21)32-13-16-5-6-17(14-32)29-16/h1-4,7-8,11-12,16-17,29,33H,5-6,9-10,13-14H2,(H,34,35)/t16-,17+. The predicted molar refractivity (Wildman–Crippen MR) is 134 cm³/mol. The Labute approximate surface area is 206 Å². The van der Waals surface area contributed by atoms with Gasteiger partial charge in [-0.1, -0.05) is 30.3 Å². The number of hydrogen-bond acceptors (Lipinski definition) is 7. The third kappa shape index (κ3) is 4.05. The van der Waals surface area contributed by atoms with Crippen LogP contribution in [0.15, 0.2) is 48.5 Å². The van der Waals surface area contributed by atoms with Crippen LogP contribution in [0.4, 0.5) is 10.2 Å². The number of phenols is 1. The highest BCUT2D eigenvalue weighted by Crippen LogP contribution is 2.38. The lowest BCUT2D eigenvalue weighted by atomic mass is 9.96. The molecule has 2 aliphatic rings. The molecule has 184 valence electrons. The zero-order valence-electron chi connectivity index (χ0n) is 19.4. The molecule has 3 heterocycles. The van der Waals surface area contributed by atoms with Gasteiger partial charge in [0.2, 0.25) is 0 Å². The number of phenolic OH excluding ortho intramolecular Hbond substituents is 1. The van der Waals surface area contributed by atoms with E-state index < -0.39 is 11.8 Å². The fraction of sp³-hybridized carbons (Fsp3) is 0.296. The fourth-order valence-electron chi connectivity index (χ4n) is 5.36. The van der Waals surface area contributed by atoms with E-state index in [2.05, 4.69) is 20.2 Å². The summed E-state index contributed by atoms with van der Waals surface area (Å²) in [5.74, 6) is -0.928. The number of benzene rings is 3. The molecule has 6 rings (SSSR count). The minimum atomic E-state index is -1.00. The van der Waals surface area contributed by atoms with E-state index in [4.69, 9.17) is 9.84 Å². The molecule has 2 atom stereocenters. The van der Waals surface area contributed by atoms with Gasteiger partial charge in [0, 0.05) is 36.1 Å². The Kier molecular flexibility index (Phi) is 5.56. The number of piperazine rings is 1. The van der Waals surface area contributed by atoms with Gasteiger partial charge in [-0.05, 0) is 47.4 Å². The first-order chi connectivity index (χ1) is 17.5. The van der Waals surface area contributed by atoms with Crippen molar-refractivity contribution in [3.8, 4) is 22.9 Å². The topological polar surface area (TPSA) is 108 Å². The molecule has 36 heavy (non-hydrogen) atoms. The SMILES string of the molecule is O=C(O)CCOc1nc(N2C[C@H]3CC[C@@H](C2)N3)c2ccc(-c3cc(O)cc4ccccc34)c(F)c2n1. The molecule has 9 heteroatoms. The van der Waals surface area contributed by atoms with Crippen molar-refractivity contribution in [3.63, 3.8) is 0 Å². The van der Waals surface area contributed by atoms with Gasteiger partial charge < -0.3 is 25.2 Å². The van der Waals surface area contributed by atoms with Gasteiger partial charge >= 0.3 is 12.0 Å². The molecule has 3 N–H and O–H groups in total. The maximum atomic E-state index is 16.2. The largest absolute Gasteiger partial charge is 0.508 e. The van der Waals surface area contributed by atoms with E-state index >= 15 is 4.39 Å². The molecule has 0 spiro atoms. The van der Waals surface area contributed by atoms with Gasteiger partial charge in [0.05, 0.1) is 6.42 Å². The zero-order valence-corrected chi connectivity index (χ0v) is 19.4. The van der Waals surface area contributed by atoms with E-state index in [1.807, 2.05) is 30.3 Å². The number of rotatable bonds is 6. The molecule has 0 saturated carbocycles. The van der Waals surface area contributed by atoms with E-state index in [0.717, 1.165) is 36.7 Å². The quantitative estimate of drug-likeness (QED) is 0.373. The molecular formula is C27H25FN4O4. The van der Waals surface area contributed by atoms with Gasteiger partial charge in [0.1, 0.15) is 23.7 Å². The Morgan fingerprint density at radius 3 is 2.61 bits per heavy atom. The van der Waals surface area contributed by atoms with Crippen molar-refractivity contribution in [3.05, 3.63) is 54.3 Å². The molecule has 3 aromatic carbocycles. The highest BCUT2D eigenvalue weighted by atomic mass is 19.1. The predicted octanol–water partition coefficient (Wildman–Crippen LogP) is 4.09. The second kappa shape index (κ2) is 8.91. The highest BCUT2D eigenvalue weighted by molar-refractivity contribution is 6.01. The number of fused-ring (bicyclic) bond motifs is 4. The molecular weight excluding hydrogens is 463 g/mol. The van der Waals surface area contributed by atoms with E-state index in [9.17, 15) is 9.90 Å². The Morgan fingerprint density at radius 2 is 1.83 bits per heavy atom. The van der Waals surface area contributed by atoms with Crippen LogP contribution in [0.3, 0.4) is 0 Å². The van der Waals surface area contributed by atoms with Crippen LogP contribution in [-0.4, -0.2) is 57.9 Å². The normalized spacial score (nSPS) is 19.2. The Balaban J connectivity index is 1.50. The number of hydrogen-bond donors (Lipinski definition) is 3. The number of aromatic hydroxyl groups is 1. The molecule has 2 saturated heterocycles. The van der Waals surface area contributed by atoms with Crippen molar-refractivity contribution >= 4 is 33.5 Å². The monoisotopic (exact) mass is 488 g/mol. The summed E-state index contributed by atoms with van der Waals surface area (Å²) < 4.78 is 21.8. The average Bonchev–Trinajstić information content (AvgIpc) is 3.20. The van der Waals surface area contributed by atoms with Crippen molar-refractivity contribution in [1.29, 1.82) is 0 Å². The van der Waals surface area contributed by atoms with Crippen LogP contribution in [0.5, 0.6) is 11.8 Å². The van der Waals surface area contributed by atoms with Crippen LogP contribution in [-0.2, 0) is 4.79 Å². The second-order valence-electron chi connectivity index (χ2n) is 9.40. The van der Waals surface area contributed by atoms with E-state index in [1.54, 1.807) is 18.2 Å². The van der Waals surface area contributed by atoms with Crippen molar-refractivity contribution in [2.45, 2.75) is 31.3 Å². The number of carboxylic acid groups (broad SMARTS) is 1. The van der Waals surface area contributed by atoms with Crippen LogP contribution in [0.1, 0.15) is 19.3 Å². The molecule has 0 radical (unpaired) electrons. The van der Waals surface area contributed by atoms with Crippen LogP contribution >= 0.6 is 0 Å². The maximum Gasteiger partial charge on any atom is 0.319 e. The lowest BCUT2D eigenvalue weighted by Gasteiger charge is -2.34. The number of carbonyl (C=O) groups is 1. The molecule has 0 aliphatic carbocycles. The lowest BCUT2D eigenvalue weighted by Crippen LogP contribution is -2.51. The summed E-state index contributed by atoms with van der Waals surface area (Å²) in [6.45, 7) is 1.35. The zero-order chi connectivity index (χ0) is 24.8. The number of halogens is 1. The number of carboxylic acids is 1. The van der Waals surface area contributed by atoms with Gasteiger partial charge in [0.15, 0.2) is 5.82 Å². The first-order valence-corrected chi connectivity index (χ1v) is 12.0. The molecule has 0 amide bonds. The van der Waals surface area contributed by atoms with Crippen LogP contribution < -0.4 is 15.0 Å². The molecule has 4 aromatic rings. The molecule has 2 bridgehead atoms. The second-order valence-corrected chi connectivity index (χ2v) is 9.40. The summed E-state index contributed by atoms with van der Waals surface area (Å²) in [6.07, 6.45) is 1.94. The summed E-state index contributed by atoms with van der Waals surface area (Å²) in [7, 11) is 0. The van der Waals surface area contributed by atoms with Crippen molar-refractivity contribution in [2.75, 3.05) is 24.6 Å². The van der Waals surface area contributed by atoms with Crippen molar-refractivity contribution in [2.24, 2.45) is 0 Å². The first kappa shape index (κ1) is 22.5. The van der Waals surface area contributed by atoms with E-state index in [0.29, 0.717) is 34.4 Å². The summed E-state index contributed by atoms with van der Waals surface area (Å²) in [6, 6.07) is 14.8. The Morgan fingerprint density at radius 1 is 1.06 bits per heavy atom. The molecule has 1 aromatic heterocycles. The number of ether oxygens (including phenoxy) is 1. The third-order valence-electron chi connectivity index (χ3n) is 6.97. The molecule has 2 fully saturated rings. The maximum absolute atomic E-state index is 16.2. The summed E-state index contributed by atoms with van der Waals surface area (Å²) in [4.78, 5) is 22.1. The van der Waals surface area contributed by atoms with Gasteiger partial charge in [-0.25, -0.2) is 4.39 Å². The van der Waals surface area contributed by atoms with Gasteiger partial charge in [0.25, 0.3) is 0 Å². The molecule has 2 aliphatic heterocycles. The van der Waals surface area contributed by atoms with Gasteiger partial charge in [-0.3, -0.25) is 4.79 Å². The van der Waals surface area contributed by atoms with Crippen molar-refractivity contribution in [1.82, 2.24) is 15.3 Å². The van der Waals surface area contributed by atoms with Crippen LogP contribution in [0.2, 0.25) is 0 Å². The molecule has 8 nitrogen and oxygen atoms in total. The van der Waals surface area contributed by atoms with E-state index in [1.165, 1.54) is 0 Å². The summed E-state index contributed by atoms with van der Waals surface area (Å²) in [5.41, 5.74) is 0.955. The van der Waals surface area contributed by atoms with Crippen molar-refractivity contribution < 1.29 is 24.1 Å². The fourth-order valence-corrected chi connectivity index (χ4v) is 5.36. The first-order valence-electron chi connectivity index (χ1n) is 12.0. The number of nitrogens with zero attached hydrogens (tertiary/aromatic N) is 3. The number of aliphatic carboxylic acids is 1. The summed E-state index contributed by atoms with van der Waals surface area (Å²) in [5, 5.41) is 25.0. The average molecular weight is 489 g/mol. The minimum Gasteiger partial charge on any atom is -0.508 e. The van der Waals surface area contributed by atoms with Crippen LogP contribution in [0.25, 0.3) is 32.8 Å². The lowest BCUT2D eigenvalue weighted by molar-refractivity contribution is -0.137. The number of anilines is 1. The Bertz CT molecular complexity index is 1480. The van der Waals surface area contributed by atoms with Crippen LogP contribution in [0, 0.1) is 5.82 Å².